The summed E-state index contributed by atoms with van der Waals surface area (Å²) in [6.45, 7) is 4.28. The average Bonchev–Trinajstić information content (AvgIpc) is 3.13. The van der Waals surface area contributed by atoms with Gasteiger partial charge in [0.2, 0.25) is 5.91 Å². The lowest BCUT2D eigenvalue weighted by atomic mass is 10.3. The van der Waals surface area contributed by atoms with Crippen LogP contribution >= 0.6 is 0 Å². The molecule has 0 aliphatic rings. The van der Waals surface area contributed by atoms with Crippen molar-refractivity contribution in [2.45, 2.75) is 26.3 Å². The maximum atomic E-state index is 12.2. The Labute approximate surface area is 128 Å². The van der Waals surface area contributed by atoms with E-state index in [2.05, 4.69) is 20.6 Å². The largest absolute Gasteiger partial charge is 0.354 e. The van der Waals surface area contributed by atoms with Crippen LogP contribution in [0.2, 0.25) is 0 Å². The predicted molar refractivity (Wildman–Crippen MR) is 81.4 cm³/mol. The number of carbonyl (C=O) groups is 1. The minimum Gasteiger partial charge on any atom is -0.354 e. The quantitative estimate of drug-likeness (QED) is 0.766. The standard InChI is InChI=1S/C15H18N6O/c1-11-6-9-17-21(11)12(2)15(22)16-8-7-14-19-18-13-5-3-4-10-20(13)14/h3-6,9-10,12H,7-8H2,1-2H3,(H,16,22). The molecular weight excluding hydrogens is 280 g/mol. The molecule has 0 aromatic carbocycles. The van der Waals surface area contributed by atoms with E-state index in [1.165, 1.54) is 0 Å². The van der Waals surface area contributed by atoms with Crippen LogP contribution in [-0.4, -0.2) is 36.8 Å². The molecule has 0 bridgehead atoms. The van der Waals surface area contributed by atoms with Gasteiger partial charge in [0.05, 0.1) is 0 Å². The first-order valence-corrected chi connectivity index (χ1v) is 7.23. The van der Waals surface area contributed by atoms with Crippen molar-refractivity contribution < 1.29 is 4.79 Å². The monoisotopic (exact) mass is 298 g/mol. The molecule has 0 aliphatic heterocycles. The zero-order chi connectivity index (χ0) is 15.5. The first-order chi connectivity index (χ1) is 10.7. The van der Waals surface area contributed by atoms with E-state index in [1.54, 1.807) is 10.9 Å². The van der Waals surface area contributed by atoms with Gasteiger partial charge in [0.1, 0.15) is 11.9 Å². The minimum absolute atomic E-state index is 0.0550. The van der Waals surface area contributed by atoms with E-state index in [4.69, 9.17) is 0 Å². The van der Waals surface area contributed by atoms with Crippen molar-refractivity contribution in [3.8, 4) is 0 Å². The number of hydrogen-bond acceptors (Lipinski definition) is 4. The second-order valence-electron chi connectivity index (χ2n) is 5.18. The van der Waals surface area contributed by atoms with E-state index in [9.17, 15) is 4.79 Å². The topological polar surface area (TPSA) is 77.1 Å². The molecule has 7 nitrogen and oxygen atoms in total. The lowest BCUT2D eigenvalue weighted by Gasteiger charge is -2.14. The van der Waals surface area contributed by atoms with E-state index in [0.717, 1.165) is 17.2 Å². The van der Waals surface area contributed by atoms with Crippen molar-refractivity contribution in [2.24, 2.45) is 0 Å². The minimum atomic E-state index is -0.329. The third-order valence-corrected chi connectivity index (χ3v) is 3.65. The van der Waals surface area contributed by atoms with Crippen molar-refractivity contribution >= 4 is 11.6 Å². The number of nitrogens with zero attached hydrogens (tertiary/aromatic N) is 5. The Morgan fingerprint density at radius 1 is 1.32 bits per heavy atom. The summed E-state index contributed by atoms with van der Waals surface area (Å²) in [5.74, 6) is 0.777. The van der Waals surface area contributed by atoms with Crippen molar-refractivity contribution in [2.75, 3.05) is 6.54 Å². The maximum absolute atomic E-state index is 12.2. The summed E-state index contributed by atoms with van der Waals surface area (Å²) in [4.78, 5) is 12.2. The number of aryl methyl sites for hydroxylation is 1. The summed E-state index contributed by atoms with van der Waals surface area (Å²) in [7, 11) is 0. The second kappa shape index (κ2) is 5.97. The molecule has 0 saturated heterocycles. The molecule has 1 amide bonds. The van der Waals surface area contributed by atoms with E-state index in [1.807, 2.05) is 48.7 Å². The molecule has 1 unspecified atom stereocenters. The second-order valence-corrected chi connectivity index (χ2v) is 5.18. The van der Waals surface area contributed by atoms with Gasteiger partial charge in [-0.05, 0) is 32.0 Å². The van der Waals surface area contributed by atoms with Gasteiger partial charge in [-0.3, -0.25) is 13.9 Å². The van der Waals surface area contributed by atoms with Crippen LogP contribution in [-0.2, 0) is 11.2 Å². The molecule has 0 fully saturated rings. The van der Waals surface area contributed by atoms with Gasteiger partial charge in [-0.1, -0.05) is 6.07 Å². The zero-order valence-electron chi connectivity index (χ0n) is 12.6. The number of aromatic nitrogens is 5. The Morgan fingerprint density at radius 3 is 2.95 bits per heavy atom. The molecule has 22 heavy (non-hydrogen) atoms. The van der Waals surface area contributed by atoms with E-state index in [-0.39, 0.29) is 11.9 Å². The summed E-state index contributed by atoms with van der Waals surface area (Å²) in [5.41, 5.74) is 1.77. The molecule has 0 spiro atoms. The molecule has 0 aliphatic carbocycles. The van der Waals surface area contributed by atoms with Crippen LogP contribution in [0.5, 0.6) is 0 Å². The Bertz CT molecular complexity index is 790. The van der Waals surface area contributed by atoms with Crippen LogP contribution in [0.4, 0.5) is 0 Å². The highest BCUT2D eigenvalue weighted by Crippen LogP contribution is 2.08. The van der Waals surface area contributed by atoms with Crippen molar-refractivity contribution in [1.29, 1.82) is 0 Å². The van der Waals surface area contributed by atoms with Crippen molar-refractivity contribution in [3.05, 3.63) is 48.2 Å². The van der Waals surface area contributed by atoms with Gasteiger partial charge in [0.25, 0.3) is 0 Å². The Morgan fingerprint density at radius 2 is 2.18 bits per heavy atom. The van der Waals surface area contributed by atoms with Crippen LogP contribution in [0.25, 0.3) is 5.65 Å². The van der Waals surface area contributed by atoms with E-state index >= 15 is 0 Å². The summed E-state index contributed by atoms with van der Waals surface area (Å²) in [6.07, 6.45) is 4.24. The summed E-state index contributed by atoms with van der Waals surface area (Å²) >= 11 is 0. The molecule has 3 aromatic heterocycles. The fraction of sp³-hybridized carbons (Fsp3) is 0.333. The van der Waals surface area contributed by atoms with Gasteiger partial charge in [0, 0.05) is 31.1 Å². The van der Waals surface area contributed by atoms with Crippen LogP contribution in [0.3, 0.4) is 0 Å². The summed E-state index contributed by atoms with van der Waals surface area (Å²) < 4.78 is 3.63. The first kappa shape index (κ1) is 14.2. The van der Waals surface area contributed by atoms with Gasteiger partial charge < -0.3 is 5.32 Å². The van der Waals surface area contributed by atoms with E-state index in [0.29, 0.717) is 13.0 Å². The number of fused-ring (bicyclic) bond motifs is 1. The number of carbonyl (C=O) groups excluding carboxylic acids is 1. The number of nitrogens with one attached hydrogen (secondary N) is 1. The molecule has 1 atom stereocenters. The van der Waals surface area contributed by atoms with Crippen LogP contribution < -0.4 is 5.32 Å². The van der Waals surface area contributed by atoms with Crippen molar-refractivity contribution in [3.63, 3.8) is 0 Å². The fourth-order valence-corrected chi connectivity index (χ4v) is 2.40. The highest BCUT2D eigenvalue weighted by atomic mass is 16.2. The number of pyridine rings is 1. The zero-order valence-corrected chi connectivity index (χ0v) is 12.6. The molecular formula is C15H18N6O. The lowest BCUT2D eigenvalue weighted by molar-refractivity contribution is -0.124. The van der Waals surface area contributed by atoms with Gasteiger partial charge in [-0.15, -0.1) is 10.2 Å². The maximum Gasteiger partial charge on any atom is 0.244 e. The van der Waals surface area contributed by atoms with Crippen LogP contribution in [0.15, 0.2) is 36.7 Å². The SMILES string of the molecule is Cc1ccnn1C(C)C(=O)NCCc1nnc2ccccn12. The first-order valence-electron chi connectivity index (χ1n) is 7.23. The lowest BCUT2D eigenvalue weighted by Crippen LogP contribution is -2.33. The third kappa shape index (κ3) is 2.69. The molecule has 0 radical (unpaired) electrons. The molecule has 114 valence electrons. The smallest absolute Gasteiger partial charge is 0.244 e. The Balaban J connectivity index is 1.59. The molecule has 3 aromatic rings. The number of hydrogen-bond donors (Lipinski definition) is 1. The van der Waals surface area contributed by atoms with E-state index < -0.39 is 0 Å². The fourth-order valence-electron chi connectivity index (χ4n) is 2.40. The normalized spacial score (nSPS) is 12.5. The van der Waals surface area contributed by atoms with Crippen molar-refractivity contribution in [1.82, 2.24) is 29.7 Å². The highest BCUT2D eigenvalue weighted by molar-refractivity contribution is 5.79. The summed E-state index contributed by atoms with van der Waals surface area (Å²) in [5, 5.41) is 15.3. The van der Waals surface area contributed by atoms with Crippen LogP contribution in [0.1, 0.15) is 24.5 Å². The predicted octanol–water partition coefficient (Wildman–Crippen LogP) is 1.15. The van der Waals surface area contributed by atoms with Gasteiger partial charge >= 0.3 is 0 Å². The highest BCUT2D eigenvalue weighted by Gasteiger charge is 2.16. The van der Waals surface area contributed by atoms with Crippen LogP contribution in [0, 0.1) is 6.92 Å². The molecule has 0 saturated carbocycles. The molecule has 3 heterocycles. The Hall–Kier alpha value is -2.70. The molecule has 7 heteroatoms. The molecule has 3 rings (SSSR count). The third-order valence-electron chi connectivity index (χ3n) is 3.65. The van der Waals surface area contributed by atoms with Gasteiger partial charge in [-0.2, -0.15) is 5.10 Å². The molecule has 1 N–H and O–H groups in total. The number of amides is 1. The summed E-state index contributed by atoms with van der Waals surface area (Å²) in [6, 6.07) is 7.30. The number of rotatable bonds is 5. The van der Waals surface area contributed by atoms with Gasteiger partial charge in [0.15, 0.2) is 5.65 Å². The Kier molecular flexibility index (Phi) is 3.86. The van der Waals surface area contributed by atoms with Gasteiger partial charge in [-0.25, -0.2) is 0 Å². The average molecular weight is 298 g/mol.